The number of hydrogen-bond acceptors (Lipinski definition) is 4. The van der Waals surface area contributed by atoms with Gasteiger partial charge in [0.25, 0.3) is 11.8 Å². The van der Waals surface area contributed by atoms with Crippen LogP contribution in [0.25, 0.3) is 0 Å². The predicted octanol–water partition coefficient (Wildman–Crippen LogP) is 1.34. The molecule has 0 bridgehead atoms. The lowest BCUT2D eigenvalue weighted by molar-refractivity contribution is 0.0550. The van der Waals surface area contributed by atoms with Crippen LogP contribution in [-0.2, 0) is 13.6 Å². The Morgan fingerprint density at radius 2 is 2.00 bits per heavy atom. The van der Waals surface area contributed by atoms with Crippen LogP contribution in [0.4, 0.5) is 0 Å². The second-order valence-corrected chi connectivity index (χ2v) is 7.31. The van der Waals surface area contributed by atoms with E-state index in [-0.39, 0.29) is 23.9 Å². The van der Waals surface area contributed by atoms with Gasteiger partial charge in [-0.3, -0.25) is 19.3 Å². The standard InChI is InChI=1S/C20H20N6O2/c1-23-9-6-15(22-23)19(27)24-12-17-18(13-24)26(11-14-4-2-7-21-10-14)20(28)16-5-3-8-25(16)17/h2-10,17-18H,11-13H2,1H3/t17-,18+/m0/s1. The zero-order valence-electron chi connectivity index (χ0n) is 15.5. The van der Waals surface area contributed by atoms with E-state index >= 15 is 0 Å². The summed E-state index contributed by atoms with van der Waals surface area (Å²) in [6.07, 6.45) is 7.19. The first-order valence-electron chi connectivity index (χ1n) is 9.27. The number of likely N-dealkylation sites (tertiary alicyclic amines) is 1. The monoisotopic (exact) mass is 376 g/mol. The van der Waals surface area contributed by atoms with Gasteiger partial charge >= 0.3 is 0 Å². The van der Waals surface area contributed by atoms with E-state index in [4.69, 9.17) is 0 Å². The third-order valence-electron chi connectivity index (χ3n) is 5.57. The molecule has 1 saturated heterocycles. The number of aromatic nitrogens is 4. The van der Waals surface area contributed by atoms with Crippen molar-refractivity contribution in [2.24, 2.45) is 7.05 Å². The highest BCUT2D eigenvalue weighted by Gasteiger charge is 2.46. The molecule has 2 aliphatic rings. The molecule has 2 atom stereocenters. The van der Waals surface area contributed by atoms with Gasteiger partial charge in [0.1, 0.15) is 11.4 Å². The van der Waals surface area contributed by atoms with Gasteiger partial charge < -0.3 is 14.4 Å². The Morgan fingerprint density at radius 3 is 2.75 bits per heavy atom. The number of aryl methyl sites for hydroxylation is 1. The van der Waals surface area contributed by atoms with E-state index in [0.717, 1.165) is 5.56 Å². The van der Waals surface area contributed by atoms with Crippen LogP contribution < -0.4 is 0 Å². The molecule has 1 fully saturated rings. The van der Waals surface area contributed by atoms with Crippen molar-refractivity contribution in [1.29, 1.82) is 0 Å². The van der Waals surface area contributed by atoms with Gasteiger partial charge in [0.2, 0.25) is 0 Å². The second kappa shape index (κ2) is 6.33. The Bertz CT molecular complexity index is 1040. The minimum Gasteiger partial charge on any atom is -0.337 e. The molecule has 2 amide bonds. The van der Waals surface area contributed by atoms with Crippen LogP contribution in [0.2, 0.25) is 0 Å². The number of hydrogen-bond donors (Lipinski definition) is 0. The highest BCUT2D eigenvalue weighted by Crippen LogP contribution is 2.35. The van der Waals surface area contributed by atoms with Crippen molar-refractivity contribution in [1.82, 2.24) is 29.1 Å². The fourth-order valence-corrected chi connectivity index (χ4v) is 4.25. The molecule has 2 aliphatic heterocycles. The largest absolute Gasteiger partial charge is 0.337 e. The molecular weight excluding hydrogens is 356 g/mol. The lowest BCUT2D eigenvalue weighted by atomic mass is 10.0. The van der Waals surface area contributed by atoms with Crippen LogP contribution in [-0.4, -0.2) is 60.1 Å². The predicted molar refractivity (Wildman–Crippen MR) is 100 cm³/mol. The summed E-state index contributed by atoms with van der Waals surface area (Å²) in [5.74, 6) is -0.111. The molecule has 5 heterocycles. The lowest BCUT2D eigenvalue weighted by Gasteiger charge is -2.38. The first-order chi connectivity index (χ1) is 13.6. The first-order valence-corrected chi connectivity index (χ1v) is 9.27. The summed E-state index contributed by atoms with van der Waals surface area (Å²) in [5, 5.41) is 4.24. The summed E-state index contributed by atoms with van der Waals surface area (Å²) in [6, 6.07) is 9.25. The van der Waals surface area contributed by atoms with E-state index in [9.17, 15) is 9.59 Å². The molecule has 5 rings (SSSR count). The van der Waals surface area contributed by atoms with Gasteiger partial charge in [-0.05, 0) is 29.8 Å². The molecule has 0 unspecified atom stereocenters. The van der Waals surface area contributed by atoms with Gasteiger partial charge in [-0.15, -0.1) is 0 Å². The average Bonchev–Trinajstić information content (AvgIpc) is 3.44. The molecule has 0 radical (unpaired) electrons. The molecule has 3 aromatic rings. The zero-order valence-corrected chi connectivity index (χ0v) is 15.5. The van der Waals surface area contributed by atoms with E-state index in [2.05, 4.69) is 10.1 Å². The summed E-state index contributed by atoms with van der Waals surface area (Å²) in [7, 11) is 1.79. The molecule has 28 heavy (non-hydrogen) atoms. The third kappa shape index (κ3) is 2.60. The quantitative estimate of drug-likeness (QED) is 0.691. The number of carbonyl (C=O) groups excluding carboxylic acids is 2. The third-order valence-corrected chi connectivity index (χ3v) is 5.57. The van der Waals surface area contributed by atoms with Crippen molar-refractivity contribution in [3.05, 3.63) is 72.1 Å². The number of rotatable bonds is 3. The van der Waals surface area contributed by atoms with Crippen molar-refractivity contribution in [3.63, 3.8) is 0 Å². The first kappa shape index (κ1) is 16.7. The molecule has 0 aliphatic carbocycles. The summed E-state index contributed by atoms with van der Waals surface area (Å²) in [6.45, 7) is 1.52. The van der Waals surface area contributed by atoms with Crippen LogP contribution in [0.15, 0.2) is 55.1 Å². The minimum absolute atomic E-state index is 0.0118. The maximum atomic E-state index is 13.1. The minimum atomic E-state index is -0.0996. The molecule has 0 saturated carbocycles. The number of amides is 2. The van der Waals surface area contributed by atoms with Gasteiger partial charge in [0.05, 0.1) is 12.1 Å². The Balaban J connectivity index is 1.47. The Kier molecular flexibility index (Phi) is 3.78. The number of pyridine rings is 1. The normalized spacial score (nSPS) is 21.0. The van der Waals surface area contributed by atoms with Gasteiger partial charge in [0.15, 0.2) is 0 Å². The maximum Gasteiger partial charge on any atom is 0.274 e. The number of carbonyl (C=O) groups is 2. The number of fused-ring (bicyclic) bond motifs is 3. The Morgan fingerprint density at radius 1 is 1.14 bits per heavy atom. The zero-order chi connectivity index (χ0) is 19.3. The molecule has 142 valence electrons. The summed E-state index contributed by atoms with van der Waals surface area (Å²) >= 11 is 0. The number of nitrogens with zero attached hydrogens (tertiary/aromatic N) is 6. The van der Waals surface area contributed by atoms with Crippen LogP contribution in [0.1, 0.15) is 32.6 Å². The topological polar surface area (TPSA) is 76.3 Å². The molecular formula is C20H20N6O2. The van der Waals surface area contributed by atoms with Crippen molar-refractivity contribution in [3.8, 4) is 0 Å². The van der Waals surface area contributed by atoms with E-state index < -0.39 is 0 Å². The molecule has 0 N–H and O–H groups in total. The molecule has 8 heteroatoms. The molecule has 0 spiro atoms. The van der Waals surface area contributed by atoms with Gasteiger partial charge in [-0.2, -0.15) is 5.10 Å². The van der Waals surface area contributed by atoms with Crippen molar-refractivity contribution >= 4 is 11.8 Å². The lowest BCUT2D eigenvalue weighted by Crippen LogP contribution is -2.49. The van der Waals surface area contributed by atoms with Crippen molar-refractivity contribution < 1.29 is 9.59 Å². The van der Waals surface area contributed by atoms with Crippen molar-refractivity contribution in [2.45, 2.75) is 18.6 Å². The van der Waals surface area contributed by atoms with Crippen LogP contribution >= 0.6 is 0 Å². The molecule has 8 nitrogen and oxygen atoms in total. The van der Waals surface area contributed by atoms with Gasteiger partial charge in [0, 0.05) is 51.5 Å². The van der Waals surface area contributed by atoms with E-state index in [0.29, 0.717) is 31.0 Å². The Hall–Kier alpha value is -3.42. The smallest absolute Gasteiger partial charge is 0.274 e. The Labute approximate surface area is 162 Å². The fourth-order valence-electron chi connectivity index (χ4n) is 4.25. The summed E-state index contributed by atoms with van der Waals surface area (Å²) in [4.78, 5) is 33.9. The summed E-state index contributed by atoms with van der Waals surface area (Å²) in [5.41, 5.74) is 2.07. The van der Waals surface area contributed by atoms with Crippen molar-refractivity contribution in [2.75, 3.05) is 13.1 Å². The summed E-state index contributed by atoms with van der Waals surface area (Å²) < 4.78 is 3.64. The molecule has 3 aromatic heterocycles. The molecule has 0 aromatic carbocycles. The van der Waals surface area contributed by atoms with Crippen LogP contribution in [0.3, 0.4) is 0 Å². The maximum absolute atomic E-state index is 13.1. The average molecular weight is 376 g/mol. The van der Waals surface area contributed by atoms with E-state index in [1.807, 2.05) is 39.9 Å². The van der Waals surface area contributed by atoms with E-state index in [1.165, 1.54) is 0 Å². The van der Waals surface area contributed by atoms with Crippen LogP contribution in [0, 0.1) is 0 Å². The SMILES string of the molecule is Cn1ccc(C(=O)N2C[C@@H]3[C@H](C2)n2cccc2C(=O)N3Cc2cccnc2)n1. The highest BCUT2D eigenvalue weighted by atomic mass is 16.2. The highest BCUT2D eigenvalue weighted by molar-refractivity contribution is 5.95. The van der Waals surface area contributed by atoms with Gasteiger partial charge in [-0.1, -0.05) is 6.07 Å². The fraction of sp³-hybridized carbons (Fsp3) is 0.300. The van der Waals surface area contributed by atoms with Crippen LogP contribution in [0.5, 0.6) is 0 Å². The van der Waals surface area contributed by atoms with Gasteiger partial charge in [-0.25, -0.2) is 0 Å². The van der Waals surface area contributed by atoms with E-state index in [1.54, 1.807) is 41.3 Å². The second-order valence-electron chi connectivity index (χ2n) is 7.31.